The number of pyridine rings is 2. The average Bonchev–Trinajstić information content (AvgIpc) is 3.48. The average molecular weight is 354 g/mol. The molecule has 1 amide bonds. The molecule has 27 heavy (non-hydrogen) atoms. The summed E-state index contributed by atoms with van der Waals surface area (Å²) in [6.07, 6.45) is 8.18. The summed E-state index contributed by atoms with van der Waals surface area (Å²) in [6, 6.07) is 17.1. The number of aromatic nitrogens is 3. The van der Waals surface area contributed by atoms with Gasteiger partial charge in [0, 0.05) is 35.6 Å². The van der Waals surface area contributed by atoms with Gasteiger partial charge in [0.15, 0.2) is 0 Å². The second-order valence-electron chi connectivity index (χ2n) is 6.87. The zero-order chi connectivity index (χ0) is 18.2. The van der Waals surface area contributed by atoms with Crippen molar-refractivity contribution in [3.05, 3.63) is 84.4 Å². The normalized spacial score (nSPS) is 13.6. The lowest BCUT2D eigenvalue weighted by Crippen LogP contribution is -2.12. The molecule has 1 aromatic carbocycles. The number of imidazole rings is 1. The van der Waals surface area contributed by atoms with Crippen molar-refractivity contribution in [2.75, 3.05) is 5.32 Å². The summed E-state index contributed by atoms with van der Waals surface area (Å²) >= 11 is 0. The summed E-state index contributed by atoms with van der Waals surface area (Å²) in [4.78, 5) is 21.5. The standard InChI is InChI=1S/C22H18N4O/c27-22(17-8-6-15(7-9-17)19-3-1-2-12-23-19)24-18-10-11-21-25-20(16-4-5-16)14-26(21)13-18/h1-3,6-14,16H,4-5H2,(H,24,27). The SMILES string of the molecule is O=C(Nc1ccc2nc(C3CC3)cn2c1)c1ccc(-c2ccccn2)cc1. The van der Waals surface area contributed by atoms with Crippen LogP contribution in [0.5, 0.6) is 0 Å². The van der Waals surface area contributed by atoms with E-state index in [2.05, 4.69) is 21.5 Å². The number of anilines is 1. The van der Waals surface area contributed by atoms with Crippen molar-refractivity contribution in [2.24, 2.45) is 0 Å². The molecular formula is C22H18N4O. The first-order valence-electron chi connectivity index (χ1n) is 9.08. The minimum Gasteiger partial charge on any atom is -0.321 e. The summed E-state index contributed by atoms with van der Waals surface area (Å²) < 4.78 is 1.98. The van der Waals surface area contributed by atoms with Crippen LogP contribution in [0.25, 0.3) is 16.9 Å². The Morgan fingerprint density at radius 2 is 1.85 bits per heavy atom. The molecule has 0 atom stereocenters. The molecule has 1 saturated carbocycles. The number of carbonyl (C=O) groups excluding carboxylic acids is 1. The Hall–Kier alpha value is -3.47. The largest absolute Gasteiger partial charge is 0.321 e. The first-order chi connectivity index (χ1) is 13.3. The van der Waals surface area contributed by atoms with Gasteiger partial charge in [-0.05, 0) is 49.2 Å². The van der Waals surface area contributed by atoms with E-state index >= 15 is 0 Å². The molecule has 5 rings (SSSR count). The molecule has 0 radical (unpaired) electrons. The van der Waals surface area contributed by atoms with E-state index in [4.69, 9.17) is 0 Å². The van der Waals surface area contributed by atoms with E-state index in [1.807, 2.05) is 65.2 Å². The van der Waals surface area contributed by atoms with E-state index in [-0.39, 0.29) is 5.91 Å². The van der Waals surface area contributed by atoms with Crippen molar-refractivity contribution < 1.29 is 4.79 Å². The molecule has 0 unspecified atom stereocenters. The highest BCUT2D eigenvalue weighted by Crippen LogP contribution is 2.39. The second kappa shape index (κ2) is 6.36. The van der Waals surface area contributed by atoms with Crippen molar-refractivity contribution in [1.29, 1.82) is 0 Å². The predicted octanol–water partition coefficient (Wildman–Crippen LogP) is 4.53. The number of rotatable bonds is 4. The van der Waals surface area contributed by atoms with Gasteiger partial charge in [0.1, 0.15) is 5.65 Å². The minimum absolute atomic E-state index is 0.135. The predicted molar refractivity (Wildman–Crippen MR) is 105 cm³/mol. The molecule has 3 aromatic heterocycles. The Morgan fingerprint density at radius 3 is 2.59 bits per heavy atom. The van der Waals surface area contributed by atoms with Gasteiger partial charge in [0.2, 0.25) is 0 Å². The van der Waals surface area contributed by atoms with Crippen molar-refractivity contribution >= 4 is 17.2 Å². The van der Waals surface area contributed by atoms with E-state index in [9.17, 15) is 4.79 Å². The highest BCUT2D eigenvalue weighted by molar-refractivity contribution is 6.04. The van der Waals surface area contributed by atoms with Crippen LogP contribution in [-0.2, 0) is 0 Å². The summed E-state index contributed by atoms with van der Waals surface area (Å²) in [5.74, 6) is 0.477. The number of nitrogens with one attached hydrogen (secondary N) is 1. The van der Waals surface area contributed by atoms with Crippen LogP contribution < -0.4 is 5.32 Å². The number of fused-ring (bicyclic) bond motifs is 1. The van der Waals surface area contributed by atoms with Crippen molar-refractivity contribution in [3.63, 3.8) is 0 Å². The van der Waals surface area contributed by atoms with Crippen LogP contribution in [0.1, 0.15) is 34.8 Å². The number of nitrogens with zero attached hydrogens (tertiary/aromatic N) is 3. The maximum Gasteiger partial charge on any atom is 0.255 e. The van der Waals surface area contributed by atoms with Crippen LogP contribution in [0, 0.1) is 0 Å². The lowest BCUT2D eigenvalue weighted by atomic mass is 10.1. The monoisotopic (exact) mass is 354 g/mol. The first-order valence-corrected chi connectivity index (χ1v) is 9.08. The van der Waals surface area contributed by atoms with Gasteiger partial charge in [-0.2, -0.15) is 0 Å². The fourth-order valence-corrected chi connectivity index (χ4v) is 3.19. The molecule has 5 heteroatoms. The first kappa shape index (κ1) is 15.8. The smallest absolute Gasteiger partial charge is 0.255 e. The van der Waals surface area contributed by atoms with Crippen LogP contribution in [0.15, 0.2) is 73.2 Å². The molecule has 1 fully saturated rings. The van der Waals surface area contributed by atoms with Crippen LogP contribution >= 0.6 is 0 Å². The van der Waals surface area contributed by atoms with Crippen molar-refractivity contribution in [3.8, 4) is 11.3 Å². The molecule has 1 N–H and O–H groups in total. The molecule has 1 aliphatic rings. The molecule has 132 valence electrons. The van der Waals surface area contributed by atoms with Gasteiger partial charge in [-0.15, -0.1) is 0 Å². The number of amides is 1. The molecular weight excluding hydrogens is 336 g/mol. The number of carbonyl (C=O) groups is 1. The maximum absolute atomic E-state index is 12.6. The number of hydrogen-bond acceptors (Lipinski definition) is 3. The lowest BCUT2D eigenvalue weighted by molar-refractivity contribution is 0.102. The van der Waals surface area contributed by atoms with E-state index in [1.54, 1.807) is 6.20 Å². The highest BCUT2D eigenvalue weighted by atomic mass is 16.1. The van der Waals surface area contributed by atoms with E-state index in [0.29, 0.717) is 11.5 Å². The van der Waals surface area contributed by atoms with Gasteiger partial charge in [0.25, 0.3) is 5.91 Å². The quantitative estimate of drug-likeness (QED) is 0.586. The number of benzene rings is 1. The van der Waals surface area contributed by atoms with Crippen LogP contribution in [0.3, 0.4) is 0 Å². The van der Waals surface area contributed by atoms with Gasteiger partial charge in [-0.1, -0.05) is 18.2 Å². The van der Waals surface area contributed by atoms with E-state index in [0.717, 1.165) is 28.3 Å². The molecule has 0 saturated heterocycles. The molecule has 0 aliphatic heterocycles. The molecule has 4 aromatic rings. The third-order valence-electron chi connectivity index (χ3n) is 4.83. The van der Waals surface area contributed by atoms with Gasteiger partial charge in [-0.3, -0.25) is 9.78 Å². The molecule has 1 aliphatic carbocycles. The number of hydrogen-bond donors (Lipinski definition) is 1. The van der Waals surface area contributed by atoms with Gasteiger partial charge < -0.3 is 9.72 Å². The lowest BCUT2D eigenvalue weighted by Gasteiger charge is -2.07. The van der Waals surface area contributed by atoms with Crippen molar-refractivity contribution in [1.82, 2.24) is 14.4 Å². The summed E-state index contributed by atoms with van der Waals surface area (Å²) in [5, 5.41) is 2.96. The second-order valence-corrected chi connectivity index (χ2v) is 6.87. The Bertz CT molecular complexity index is 1110. The topological polar surface area (TPSA) is 59.3 Å². The zero-order valence-electron chi connectivity index (χ0n) is 14.7. The fourth-order valence-electron chi connectivity index (χ4n) is 3.19. The fraction of sp³-hybridized carbons (Fsp3) is 0.136. The zero-order valence-corrected chi connectivity index (χ0v) is 14.7. The maximum atomic E-state index is 12.6. The molecule has 3 heterocycles. The van der Waals surface area contributed by atoms with Gasteiger partial charge in [-0.25, -0.2) is 4.98 Å². The third-order valence-corrected chi connectivity index (χ3v) is 4.83. The van der Waals surface area contributed by atoms with Crippen LogP contribution in [-0.4, -0.2) is 20.3 Å². The van der Waals surface area contributed by atoms with Gasteiger partial charge >= 0.3 is 0 Å². The summed E-state index contributed by atoms with van der Waals surface area (Å²) in [5.41, 5.74) is 5.29. The Labute approximate surface area is 156 Å². The molecule has 0 spiro atoms. The highest BCUT2D eigenvalue weighted by Gasteiger charge is 2.26. The van der Waals surface area contributed by atoms with Crippen LogP contribution in [0.4, 0.5) is 5.69 Å². The van der Waals surface area contributed by atoms with Gasteiger partial charge in [0.05, 0.1) is 17.1 Å². The third kappa shape index (κ3) is 3.19. The summed E-state index contributed by atoms with van der Waals surface area (Å²) in [7, 11) is 0. The molecule has 5 nitrogen and oxygen atoms in total. The van der Waals surface area contributed by atoms with E-state index in [1.165, 1.54) is 12.8 Å². The summed E-state index contributed by atoms with van der Waals surface area (Å²) in [6.45, 7) is 0. The van der Waals surface area contributed by atoms with Crippen LogP contribution in [0.2, 0.25) is 0 Å². The molecule has 0 bridgehead atoms. The Kier molecular flexibility index (Phi) is 3.71. The minimum atomic E-state index is -0.135. The Balaban J connectivity index is 1.34. The van der Waals surface area contributed by atoms with E-state index < -0.39 is 0 Å². The Morgan fingerprint density at radius 1 is 1.00 bits per heavy atom. The van der Waals surface area contributed by atoms with Crippen molar-refractivity contribution in [2.45, 2.75) is 18.8 Å².